The molecule has 0 radical (unpaired) electrons. The molecular weight excluding hydrogens is 181 g/mol. The van der Waals surface area contributed by atoms with Gasteiger partial charge in [0.1, 0.15) is 5.67 Å². The van der Waals surface area contributed by atoms with Crippen molar-refractivity contribution >= 4 is 0 Å². The van der Waals surface area contributed by atoms with Crippen molar-refractivity contribution < 1.29 is 4.39 Å². The zero-order valence-corrected chi connectivity index (χ0v) is 8.46. The zero-order valence-electron chi connectivity index (χ0n) is 8.46. The highest BCUT2D eigenvalue weighted by molar-refractivity contribution is 5.09. The van der Waals surface area contributed by atoms with Gasteiger partial charge in [0.15, 0.2) is 0 Å². The highest BCUT2D eigenvalue weighted by Crippen LogP contribution is 2.25. The molecule has 0 aliphatic carbocycles. The molecule has 0 spiro atoms. The highest BCUT2D eigenvalue weighted by Gasteiger charge is 2.32. The monoisotopic (exact) mass is 197 g/mol. The van der Waals surface area contributed by atoms with E-state index in [2.05, 4.69) is 10.4 Å². The second-order valence-electron chi connectivity index (χ2n) is 4.13. The van der Waals surface area contributed by atoms with Gasteiger partial charge < -0.3 is 5.32 Å². The first-order valence-electron chi connectivity index (χ1n) is 5.05. The first-order valence-corrected chi connectivity index (χ1v) is 5.05. The molecule has 1 aliphatic rings. The van der Waals surface area contributed by atoms with Crippen molar-refractivity contribution in [1.29, 1.82) is 0 Å². The van der Waals surface area contributed by atoms with Crippen molar-refractivity contribution in [2.45, 2.75) is 24.9 Å². The maximum atomic E-state index is 14.2. The van der Waals surface area contributed by atoms with Crippen LogP contribution in [0.25, 0.3) is 0 Å². The van der Waals surface area contributed by atoms with E-state index >= 15 is 0 Å². The van der Waals surface area contributed by atoms with Crippen LogP contribution in [0.15, 0.2) is 12.4 Å². The van der Waals surface area contributed by atoms with Crippen molar-refractivity contribution in [3.05, 3.63) is 18.0 Å². The molecule has 0 saturated carbocycles. The minimum Gasteiger partial charge on any atom is -0.314 e. The molecule has 1 N–H and O–H groups in total. The fourth-order valence-electron chi connectivity index (χ4n) is 2.01. The second kappa shape index (κ2) is 3.69. The molecule has 0 amide bonds. The average Bonchev–Trinajstić information content (AvgIpc) is 2.51. The van der Waals surface area contributed by atoms with E-state index in [4.69, 9.17) is 0 Å². The molecular formula is C10H16FN3. The molecule has 14 heavy (non-hydrogen) atoms. The largest absolute Gasteiger partial charge is 0.314 e. The van der Waals surface area contributed by atoms with Crippen LogP contribution in [-0.2, 0) is 13.5 Å². The quantitative estimate of drug-likeness (QED) is 0.768. The lowest BCUT2D eigenvalue weighted by Crippen LogP contribution is -2.43. The number of rotatable bonds is 2. The molecule has 2 rings (SSSR count). The van der Waals surface area contributed by atoms with E-state index in [1.807, 2.05) is 13.2 Å². The van der Waals surface area contributed by atoms with Gasteiger partial charge in [-0.2, -0.15) is 5.10 Å². The Hall–Kier alpha value is -0.900. The summed E-state index contributed by atoms with van der Waals surface area (Å²) in [4.78, 5) is 0. The van der Waals surface area contributed by atoms with Gasteiger partial charge >= 0.3 is 0 Å². The lowest BCUT2D eigenvalue weighted by Gasteiger charge is -2.29. The minimum atomic E-state index is -1.07. The third-order valence-electron chi connectivity index (χ3n) is 2.70. The molecule has 2 heterocycles. The van der Waals surface area contributed by atoms with Crippen molar-refractivity contribution in [2.75, 3.05) is 13.1 Å². The van der Waals surface area contributed by atoms with E-state index in [1.54, 1.807) is 10.9 Å². The summed E-state index contributed by atoms with van der Waals surface area (Å²) in [7, 11) is 1.85. The fourth-order valence-corrected chi connectivity index (χ4v) is 2.01. The standard InChI is InChI=1S/C10H16FN3/c1-14-7-9(6-13-14)5-10(11)3-2-4-12-8-10/h6-7,12H,2-5,8H2,1H3. The Morgan fingerprint density at radius 3 is 3.14 bits per heavy atom. The van der Waals surface area contributed by atoms with Gasteiger partial charge in [0.05, 0.1) is 6.20 Å². The lowest BCUT2D eigenvalue weighted by atomic mass is 9.90. The van der Waals surface area contributed by atoms with E-state index in [0.717, 1.165) is 18.5 Å². The van der Waals surface area contributed by atoms with Gasteiger partial charge in [-0.25, -0.2) is 4.39 Å². The van der Waals surface area contributed by atoms with Gasteiger partial charge in [-0.05, 0) is 24.9 Å². The predicted molar refractivity (Wildman–Crippen MR) is 52.9 cm³/mol. The summed E-state index contributed by atoms with van der Waals surface area (Å²) < 4.78 is 15.9. The Balaban J connectivity index is 2.01. The summed E-state index contributed by atoms with van der Waals surface area (Å²) in [6.45, 7) is 1.42. The third kappa shape index (κ3) is 2.12. The molecule has 0 bridgehead atoms. The lowest BCUT2D eigenvalue weighted by molar-refractivity contribution is 0.122. The molecule has 0 aromatic carbocycles. The van der Waals surface area contributed by atoms with Crippen LogP contribution in [-0.4, -0.2) is 28.5 Å². The molecule has 3 nitrogen and oxygen atoms in total. The number of aryl methyl sites for hydroxylation is 1. The number of nitrogens with zero attached hydrogens (tertiary/aromatic N) is 2. The van der Waals surface area contributed by atoms with Gasteiger partial charge in [0, 0.05) is 26.2 Å². The smallest absolute Gasteiger partial charge is 0.127 e. The van der Waals surface area contributed by atoms with E-state index in [0.29, 0.717) is 19.4 Å². The first kappa shape index (κ1) is 9.65. The third-order valence-corrected chi connectivity index (χ3v) is 2.70. The summed E-state index contributed by atoms with van der Waals surface area (Å²) in [5.74, 6) is 0. The Bertz CT molecular complexity index is 302. The van der Waals surface area contributed by atoms with Crippen molar-refractivity contribution in [1.82, 2.24) is 15.1 Å². The second-order valence-corrected chi connectivity index (χ2v) is 4.13. The van der Waals surface area contributed by atoms with Crippen LogP contribution in [0.3, 0.4) is 0 Å². The topological polar surface area (TPSA) is 29.9 Å². The SMILES string of the molecule is Cn1cc(CC2(F)CCCNC2)cn1. The molecule has 1 unspecified atom stereocenters. The van der Waals surface area contributed by atoms with Gasteiger partial charge in [0.25, 0.3) is 0 Å². The van der Waals surface area contributed by atoms with E-state index in [1.165, 1.54) is 0 Å². The Labute approximate surface area is 83.3 Å². The first-order chi connectivity index (χ1) is 6.68. The number of alkyl halides is 1. The molecule has 1 aromatic heterocycles. The summed E-state index contributed by atoms with van der Waals surface area (Å²) in [6.07, 6.45) is 5.70. The number of piperidine rings is 1. The van der Waals surface area contributed by atoms with Crippen molar-refractivity contribution in [3.63, 3.8) is 0 Å². The van der Waals surface area contributed by atoms with Gasteiger partial charge in [-0.1, -0.05) is 0 Å². The van der Waals surface area contributed by atoms with Gasteiger partial charge in [0.2, 0.25) is 0 Å². The van der Waals surface area contributed by atoms with Crippen LogP contribution < -0.4 is 5.32 Å². The van der Waals surface area contributed by atoms with Crippen LogP contribution in [0.2, 0.25) is 0 Å². The van der Waals surface area contributed by atoms with Crippen LogP contribution >= 0.6 is 0 Å². The number of nitrogens with one attached hydrogen (secondary N) is 1. The maximum absolute atomic E-state index is 14.2. The van der Waals surface area contributed by atoms with Crippen molar-refractivity contribution in [2.24, 2.45) is 7.05 Å². The molecule has 4 heteroatoms. The number of hydrogen-bond acceptors (Lipinski definition) is 2. The number of halogens is 1. The average molecular weight is 197 g/mol. The molecule has 1 aliphatic heterocycles. The summed E-state index contributed by atoms with van der Waals surface area (Å²) in [6, 6.07) is 0. The van der Waals surface area contributed by atoms with Gasteiger partial charge in [-0.3, -0.25) is 4.68 Å². The van der Waals surface area contributed by atoms with Crippen LogP contribution in [0.4, 0.5) is 4.39 Å². The van der Waals surface area contributed by atoms with E-state index in [-0.39, 0.29) is 0 Å². The highest BCUT2D eigenvalue weighted by atomic mass is 19.1. The number of aromatic nitrogens is 2. The normalized spacial score (nSPS) is 27.9. The predicted octanol–water partition coefficient (Wildman–Crippen LogP) is 1.05. The molecule has 78 valence electrons. The van der Waals surface area contributed by atoms with E-state index in [9.17, 15) is 4.39 Å². The maximum Gasteiger partial charge on any atom is 0.127 e. The summed E-state index contributed by atoms with van der Waals surface area (Å²) in [5.41, 5.74) is -0.0833. The summed E-state index contributed by atoms with van der Waals surface area (Å²) in [5, 5.41) is 7.14. The Morgan fingerprint density at radius 1 is 1.71 bits per heavy atom. The molecule has 1 aromatic rings. The zero-order chi connectivity index (χ0) is 10.0. The molecule has 1 atom stereocenters. The van der Waals surface area contributed by atoms with Crippen LogP contribution in [0.5, 0.6) is 0 Å². The Kier molecular flexibility index (Phi) is 2.54. The summed E-state index contributed by atoms with van der Waals surface area (Å²) >= 11 is 0. The van der Waals surface area contributed by atoms with Crippen LogP contribution in [0, 0.1) is 0 Å². The fraction of sp³-hybridized carbons (Fsp3) is 0.700. The Morgan fingerprint density at radius 2 is 2.57 bits per heavy atom. The van der Waals surface area contributed by atoms with Crippen molar-refractivity contribution in [3.8, 4) is 0 Å². The number of hydrogen-bond donors (Lipinski definition) is 1. The molecule has 1 fully saturated rings. The molecule has 1 saturated heterocycles. The van der Waals surface area contributed by atoms with Crippen LogP contribution in [0.1, 0.15) is 18.4 Å². The van der Waals surface area contributed by atoms with Gasteiger partial charge in [-0.15, -0.1) is 0 Å². The minimum absolute atomic E-state index is 0.474. The van der Waals surface area contributed by atoms with E-state index < -0.39 is 5.67 Å².